The van der Waals surface area contributed by atoms with Crippen LogP contribution in [0.3, 0.4) is 0 Å². The molecule has 3 rings (SSSR count). The van der Waals surface area contributed by atoms with Crippen LogP contribution in [-0.2, 0) is 16.1 Å². The van der Waals surface area contributed by atoms with Crippen LogP contribution in [0.1, 0.15) is 16.8 Å². The van der Waals surface area contributed by atoms with Crippen LogP contribution < -0.4 is 5.76 Å². The molecule has 3 aromatic rings. The lowest BCUT2D eigenvalue weighted by atomic mass is 10.1. The molecule has 2 aromatic carbocycles. The van der Waals surface area contributed by atoms with Gasteiger partial charge in [-0.05, 0) is 12.1 Å². The lowest BCUT2D eigenvalue weighted by Gasteiger charge is -2.05. The van der Waals surface area contributed by atoms with Crippen molar-refractivity contribution in [3.05, 3.63) is 70.7 Å². The maximum Gasteiger partial charge on any atom is 0.419 e. The number of hydrogen-bond donors (Lipinski definition) is 0. The molecule has 1 heterocycles. The van der Waals surface area contributed by atoms with Gasteiger partial charge in [-0.1, -0.05) is 42.5 Å². The number of esters is 1. The SMILES string of the molecule is O=C(CCn1c(=O)oc2ccccc21)OCC(=O)c1ccccc1. The zero-order valence-corrected chi connectivity index (χ0v) is 12.8. The Hall–Kier alpha value is -3.15. The predicted molar refractivity (Wildman–Crippen MR) is 86.8 cm³/mol. The number of nitrogens with zero attached hydrogens (tertiary/aromatic N) is 1. The molecule has 1 aromatic heterocycles. The van der Waals surface area contributed by atoms with E-state index >= 15 is 0 Å². The van der Waals surface area contributed by atoms with Gasteiger partial charge in [0.15, 0.2) is 18.0 Å². The number of ketones is 1. The summed E-state index contributed by atoms with van der Waals surface area (Å²) in [6, 6.07) is 15.6. The molecule has 0 amide bonds. The fourth-order valence-corrected chi connectivity index (χ4v) is 2.35. The fourth-order valence-electron chi connectivity index (χ4n) is 2.35. The van der Waals surface area contributed by atoms with Crippen molar-refractivity contribution in [2.24, 2.45) is 0 Å². The Morgan fingerprint density at radius 2 is 1.71 bits per heavy atom. The molecule has 0 bridgehead atoms. The standard InChI is InChI=1S/C18H15NO5/c20-15(13-6-2-1-3-7-13)12-23-17(21)10-11-19-14-8-4-5-9-16(14)24-18(19)22/h1-9H,10-12H2. The molecule has 6 nitrogen and oxygen atoms in total. The zero-order valence-electron chi connectivity index (χ0n) is 12.8. The second-order valence-corrected chi connectivity index (χ2v) is 5.19. The molecule has 24 heavy (non-hydrogen) atoms. The summed E-state index contributed by atoms with van der Waals surface area (Å²) in [7, 11) is 0. The zero-order chi connectivity index (χ0) is 16.9. The molecule has 0 fully saturated rings. The highest BCUT2D eigenvalue weighted by Gasteiger charge is 2.13. The first kappa shape index (κ1) is 15.7. The van der Waals surface area contributed by atoms with E-state index in [4.69, 9.17) is 9.15 Å². The number of oxazole rings is 1. The monoisotopic (exact) mass is 325 g/mol. The van der Waals surface area contributed by atoms with Crippen LogP contribution >= 0.6 is 0 Å². The first-order valence-electron chi connectivity index (χ1n) is 7.47. The molecular weight excluding hydrogens is 310 g/mol. The molecule has 0 saturated carbocycles. The van der Waals surface area contributed by atoms with Crippen molar-refractivity contribution in [3.8, 4) is 0 Å². The average Bonchev–Trinajstić information content (AvgIpc) is 2.93. The Labute approximate surface area is 137 Å². The number of rotatable bonds is 6. The summed E-state index contributed by atoms with van der Waals surface area (Å²) in [5.74, 6) is -1.34. The van der Waals surface area contributed by atoms with Gasteiger partial charge in [-0.3, -0.25) is 14.2 Å². The van der Waals surface area contributed by atoms with Gasteiger partial charge in [0.2, 0.25) is 0 Å². The number of aromatic nitrogens is 1. The molecule has 0 aliphatic carbocycles. The van der Waals surface area contributed by atoms with Gasteiger partial charge in [-0.15, -0.1) is 0 Å². The molecule has 0 saturated heterocycles. The molecule has 0 spiro atoms. The van der Waals surface area contributed by atoms with E-state index in [1.54, 1.807) is 54.6 Å². The number of hydrogen-bond acceptors (Lipinski definition) is 5. The summed E-state index contributed by atoms with van der Waals surface area (Å²) >= 11 is 0. The second kappa shape index (κ2) is 6.95. The first-order chi connectivity index (χ1) is 11.6. The maximum atomic E-state index is 11.9. The number of benzene rings is 2. The van der Waals surface area contributed by atoms with E-state index in [-0.39, 0.29) is 25.4 Å². The van der Waals surface area contributed by atoms with Gasteiger partial charge in [0.25, 0.3) is 0 Å². The smallest absolute Gasteiger partial charge is 0.419 e. The van der Waals surface area contributed by atoms with E-state index in [0.717, 1.165) is 0 Å². The van der Waals surface area contributed by atoms with Crippen molar-refractivity contribution in [2.75, 3.05) is 6.61 Å². The average molecular weight is 325 g/mol. The van der Waals surface area contributed by atoms with E-state index < -0.39 is 11.7 Å². The van der Waals surface area contributed by atoms with Gasteiger partial charge in [0.1, 0.15) is 0 Å². The molecular formula is C18H15NO5. The number of para-hydroxylation sites is 2. The maximum absolute atomic E-state index is 11.9. The summed E-state index contributed by atoms with van der Waals surface area (Å²) in [6.45, 7) is -0.182. The van der Waals surface area contributed by atoms with Crippen LogP contribution in [0.2, 0.25) is 0 Å². The topological polar surface area (TPSA) is 78.5 Å². The molecule has 0 aliphatic rings. The fraction of sp³-hybridized carbons (Fsp3) is 0.167. The number of aryl methyl sites for hydroxylation is 1. The minimum absolute atomic E-state index is 0.0223. The Morgan fingerprint density at radius 1 is 1.00 bits per heavy atom. The Bertz CT molecular complexity index is 923. The number of carbonyl (C=O) groups excluding carboxylic acids is 2. The van der Waals surface area contributed by atoms with Crippen molar-refractivity contribution in [3.63, 3.8) is 0 Å². The van der Waals surface area contributed by atoms with E-state index in [2.05, 4.69) is 0 Å². The van der Waals surface area contributed by atoms with Gasteiger partial charge in [-0.25, -0.2) is 4.79 Å². The van der Waals surface area contributed by atoms with Crippen molar-refractivity contribution < 1.29 is 18.7 Å². The van der Waals surface area contributed by atoms with Gasteiger partial charge in [-0.2, -0.15) is 0 Å². The second-order valence-electron chi connectivity index (χ2n) is 5.19. The van der Waals surface area contributed by atoms with E-state index in [1.807, 2.05) is 0 Å². The van der Waals surface area contributed by atoms with Crippen LogP contribution in [-0.4, -0.2) is 22.9 Å². The highest BCUT2D eigenvalue weighted by Crippen LogP contribution is 2.12. The Morgan fingerprint density at radius 3 is 2.50 bits per heavy atom. The molecule has 0 radical (unpaired) electrons. The van der Waals surface area contributed by atoms with Crippen LogP contribution in [0.4, 0.5) is 0 Å². The summed E-state index contributed by atoms with van der Waals surface area (Å²) in [5.41, 5.74) is 1.58. The Kier molecular flexibility index (Phi) is 4.56. The molecule has 122 valence electrons. The number of ether oxygens (including phenoxy) is 1. The highest BCUT2D eigenvalue weighted by atomic mass is 16.5. The van der Waals surface area contributed by atoms with Gasteiger partial charge in [0.05, 0.1) is 11.9 Å². The Balaban J connectivity index is 1.57. The largest absolute Gasteiger partial charge is 0.457 e. The number of Topliss-reactive ketones (excluding diaryl/α,β-unsaturated/α-hetero) is 1. The van der Waals surface area contributed by atoms with Crippen LogP contribution in [0.15, 0.2) is 63.8 Å². The van der Waals surface area contributed by atoms with Crippen molar-refractivity contribution in [1.82, 2.24) is 4.57 Å². The summed E-state index contributed by atoms with van der Waals surface area (Å²) in [6.07, 6.45) is -0.0223. The van der Waals surface area contributed by atoms with Gasteiger partial charge >= 0.3 is 11.7 Å². The highest BCUT2D eigenvalue weighted by molar-refractivity contribution is 5.97. The van der Waals surface area contributed by atoms with Crippen molar-refractivity contribution in [1.29, 1.82) is 0 Å². The van der Waals surface area contributed by atoms with E-state index in [1.165, 1.54) is 4.57 Å². The van der Waals surface area contributed by atoms with Crippen LogP contribution in [0.5, 0.6) is 0 Å². The normalized spacial score (nSPS) is 10.7. The predicted octanol–water partition coefficient (Wildman–Crippen LogP) is 2.41. The first-order valence-corrected chi connectivity index (χ1v) is 7.47. The van der Waals surface area contributed by atoms with E-state index in [9.17, 15) is 14.4 Å². The quantitative estimate of drug-likeness (QED) is 0.514. The lowest BCUT2D eigenvalue weighted by molar-refractivity contribution is -0.142. The third kappa shape index (κ3) is 3.43. The summed E-state index contributed by atoms with van der Waals surface area (Å²) in [4.78, 5) is 35.5. The molecule has 0 atom stereocenters. The molecule has 6 heteroatoms. The van der Waals surface area contributed by atoms with E-state index in [0.29, 0.717) is 16.7 Å². The van der Waals surface area contributed by atoms with Crippen molar-refractivity contribution in [2.45, 2.75) is 13.0 Å². The lowest BCUT2D eigenvalue weighted by Crippen LogP contribution is -2.19. The minimum atomic E-state index is -0.545. The third-order valence-electron chi connectivity index (χ3n) is 3.57. The van der Waals surface area contributed by atoms with Gasteiger partial charge in [0, 0.05) is 12.1 Å². The van der Waals surface area contributed by atoms with Gasteiger partial charge < -0.3 is 9.15 Å². The van der Waals surface area contributed by atoms with Crippen LogP contribution in [0.25, 0.3) is 11.1 Å². The summed E-state index contributed by atoms with van der Waals surface area (Å²) in [5, 5.41) is 0. The van der Waals surface area contributed by atoms with Crippen LogP contribution in [0, 0.1) is 0 Å². The number of fused-ring (bicyclic) bond motifs is 1. The third-order valence-corrected chi connectivity index (χ3v) is 3.57. The molecule has 0 unspecified atom stereocenters. The molecule has 0 N–H and O–H groups in total. The van der Waals surface area contributed by atoms with Crippen molar-refractivity contribution >= 4 is 22.9 Å². The summed E-state index contributed by atoms with van der Waals surface area (Å²) < 4.78 is 11.4. The minimum Gasteiger partial charge on any atom is -0.457 e. The molecule has 0 aliphatic heterocycles. The number of carbonyl (C=O) groups is 2.